The van der Waals surface area contributed by atoms with E-state index in [1.807, 2.05) is 18.2 Å². The molecule has 1 aliphatic rings. The summed E-state index contributed by atoms with van der Waals surface area (Å²) in [7, 11) is 0. The molecule has 18 heavy (non-hydrogen) atoms. The summed E-state index contributed by atoms with van der Waals surface area (Å²) in [6, 6.07) is 10.3. The minimum absolute atomic E-state index is 0.0535. The van der Waals surface area contributed by atoms with Gasteiger partial charge in [0.1, 0.15) is 6.10 Å². The summed E-state index contributed by atoms with van der Waals surface area (Å²) in [6.07, 6.45) is 2.17. The summed E-state index contributed by atoms with van der Waals surface area (Å²) >= 11 is 6.17. The van der Waals surface area contributed by atoms with Crippen molar-refractivity contribution in [2.24, 2.45) is 0 Å². The van der Waals surface area contributed by atoms with Crippen LogP contribution in [0.15, 0.2) is 30.3 Å². The Balaban J connectivity index is 1.86. The van der Waals surface area contributed by atoms with Crippen LogP contribution in [0.1, 0.15) is 38.4 Å². The Morgan fingerprint density at radius 3 is 2.67 bits per heavy atom. The van der Waals surface area contributed by atoms with Gasteiger partial charge >= 0.3 is 0 Å². The molecule has 1 aromatic rings. The zero-order valence-corrected chi connectivity index (χ0v) is 11.8. The Morgan fingerprint density at radius 1 is 1.33 bits per heavy atom. The first-order chi connectivity index (χ1) is 8.72. The van der Waals surface area contributed by atoms with Gasteiger partial charge in [0.15, 0.2) is 0 Å². The van der Waals surface area contributed by atoms with Crippen molar-refractivity contribution in [3.63, 3.8) is 0 Å². The van der Waals surface area contributed by atoms with E-state index >= 15 is 0 Å². The van der Waals surface area contributed by atoms with Crippen molar-refractivity contribution in [1.82, 2.24) is 0 Å². The van der Waals surface area contributed by atoms with Crippen molar-refractivity contribution in [2.75, 3.05) is 6.61 Å². The number of hydrogen-bond donors (Lipinski definition) is 0. The molecule has 0 N–H and O–H groups in total. The van der Waals surface area contributed by atoms with Crippen LogP contribution >= 0.6 is 11.6 Å². The van der Waals surface area contributed by atoms with Gasteiger partial charge in [-0.25, -0.2) is 0 Å². The quantitative estimate of drug-likeness (QED) is 0.728. The summed E-state index contributed by atoms with van der Waals surface area (Å²) in [4.78, 5) is 0. The van der Waals surface area contributed by atoms with Crippen molar-refractivity contribution in [2.45, 2.75) is 50.4 Å². The Hall–Kier alpha value is -0.570. The fourth-order valence-corrected chi connectivity index (χ4v) is 2.60. The smallest absolute Gasteiger partial charge is 0.100 e. The Bertz CT molecular complexity index is 355. The number of benzene rings is 1. The van der Waals surface area contributed by atoms with E-state index in [-0.39, 0.29) is 23.7 Å². The second-order valence-corrected chi connectivity index (χ2v) is 5.38. The fourth-order valence-electron chi connectivity index (χ4n) is 2.19. The zero-order chi connectivity index (χ0) is 13.0. The molecule has 0 spiro atoms. The molecule has 1 aliphatic carbocycles. The Kier molecular flexibility index (Phi) is 5.04. The first-order valence-corrected chi connectivity index (χ1v) is 7.12. The van der Waals surface area contributed by atoms with Crippen molar-refractivity contribution in [3.05, 3.63) is 35.9 Å². The monoisotopic (exact) mass is 268 g/mol. The lowest BCUT2D eigenvalue weighted by atomic mass is 9.90. The maximum Gasteiger partial charge on any atom is 0.100 e. The van der Waals surface area contributed by atoms with Gasteiger partial charge in [-0.3, -0.25) is 0 Å². The fraction of sp³-hybridized carbons (Fsp3) is 0.600. The lowest BCUT2D eigenvalue weighted by molar-refractivity contribution is -0.145. The van der Waals surface area contributed by atoms with E-state index in [1.54, 1.807) is 0 Å². The maximum atomic E-state index is 6.17. The van der Waals surface area contributed by atoms with Crippen LogP contribution in [0.3, 0.4) is 0 Å². The lowest BCUT2D eigenvalue weighted by Crippen LogP contribution is -2.51. The predicted octanol–water partition coefficient (Wildman–Crippen LogP) is 3.94. The van der Waals surface area contributed by atoms with Gasteiger partial charge in [-0.1, -0.05) is 37.3 Å². The first-order valence-electron chi connectivity index (χ1n) is 6.68. The number of halogens is 1. The molecule has 0 bridgehead atoms. The largest absolute Gasteiger partial charge is 0.374 e. The van der Waals surface area contributed by atoms with Gasteiger partial charge in [0.2, 0.25) is 0 Å². The van der Waals surface area contributed by atoms with Crippen LogP contribution in [0.5, 0.6) is 0 Å². The van der Waals surface area contributed by atoms with E-state index in [4.69, 9.17) is 21.1 Å². The highest BCUT2D eigenvalue weighted by Crippen LogP contribution is 2.35. The molecule has 4 unspecified atom stereocenters. The van der Waals surface area contributed by atoms with Gasteiger partial charge < -0.3 is 9.47 Å². The summed E-state index contributed by atoms with van der Waals surface area (Å²) in [5, 5.41) is 0.101. The van der Waals surface area contributed by atoms with Crippen LogP contribution in [-0.4, -0.2) is 24.2 Å². The third kappa shape index (κ3) is 3.25. The molecule has 0 radical (unpaired) electrons. The van der Waals surface area contributed by atoms with E-state index in [0.29, 0.717) is 0 Å². The molecule has 4 atom stereocenters. The van der Waals surface area contributed by atoms with Crippen molar-refractivity contribution in [1.29, 1.82) is 0 Å². The van der Waals surface area contributed by atoms with Crippen LogP contribution in [0.2, 0.25) is 0 Å². The summed E-state index contributed by atoms with van der Waals surface area (Å²) in [5.74, 6) is 0. The highest BCUT2D eigenvalue weighted by molar-refractivity contribution is 6.21. The first kappa shape index (κ1) is 13.9. The molecule has 100 valence electrons. The van der Waals surface area contributed by atoms with Crippen LogP contribution in [0.4, 0.5) is 0 Å². The van der Waals surface area contributed by atoms with Crippen molar-refractivity contribution < 1.29 is 9.47 Å². The maximum absolute atomic E-state index is 6.17. The lowest BCUT2D eigenvalue weighted by Gasteiger charge is -2.41. The molecule has 2 rings (SSSR count). The van der Waals surface area contributed by atoms with Gasteiger partial charge in [0, 0.05) is 6.61 Å². The molecule has 3 heteroatoms. The summed E-state index contributed by atoms with van der Waals surface area (Å²) < 4.78 is 11.8. The average Bonchev–Trinajstić information content (AvgIpc) is 2.39. The van der Waals surface area contributed by atoms with Crippen LogP contribution < -0.4 is 0 Å². The molecule has 1 saturated carbocycles. The van der Waals surface area contributed by atoms with Gasteiger partial charge in [-0.15, -0.1) is 11.6 Å². The molecule has 0 aliphatic heterocycles. The topological polar surface area (TPSA) is 18.5 Å². The van der Waals surface area contributed by atoms with Crippen LogP contribution in [0.25, 0.3) is 0 Å². The van der Waals surface area contributed by atoms with Crippen LogP contribution in [0, 0.1) is 0 Å². The highest BCUT2D eigenvalue weighted by Gasteiger charge is 2.42. The molecule has 2 nitrogen and oxygen atoms in total. The van der Waals surface area contributed by atoms with E-state index in [2.05, 4.69) is 26.0 Å². The number of hydrogen-bond acceptors (Lipinski definition) is 2. The third-order valence-electron chi connectivity index (χ3n) is 3.34. The van der Waals surface area contributed by atoms with Gasteiger partial charge in [-0.2, -0.15) is 0 Å². The molecule has 1 fully saturated rings. The minimum Gasteiger partial charge on any atom is -0.374 e. The zero-order valence-electron chi connectivity index (χ0n) is 11.0. The molecule has 0 aromatic heterocycles. The van der Waals surface area contributed by atoms with E-state index in [0.717, 1.165) is 19.4 Å². The Labute approximate surface area is 114 Å². The average molecular weight is 269 g/mol. The summed E-state index contributed by atoms with van der Waals surface area (Å²) in [5.41, 5.74) is 1.20. The van der Waals surface area contributed by atoms with Crippen molar-refractivity contribution in [3.8, 4) is 0 Å². The predicted molar refractivity (Wildman–Crippen MR) is 74.0 cm³/mol. The molecular formula is C15H21ClO2. The molecule has 0 saturated heterocycles. The van der Waals surface area contributed by atoms with Gasteiger partial charge in [0.05, 0.1) is 17.6 Å². The van der Waals surface area contributed by atoms with E-state index in [1.165, 1.54) is 5.56 Å². The molecule has 1 aromatic carbocycles. The van der Waals surface area contributed by atoms with E-state index < -0.39 is 0 Å². The van der Waals surface area contributed by atoms with E-state index in [9.17, 15) is 0 Å². The third-order valence-corrected chi connectivity index (χ3v) is 3.77. The number of ether oxygens (including phenoxy) is 2. The highest BCUT2D eigenvalue weighted by atomic mass is 35.5. The normalized spacial score (nSPS) is 28.7. The second kappa shape index (κ2) is 6.55. The standard InChI is InChI=1S/C15H21ClO2/c1-3-9-17-15-13(16)10-14(15)18-11(2)12-7-5-4-6-8-12/h4-8,11,13-15H,3,9-10H2,1-2H3. The Morgan fingerprint density at radius 2 is 2.06 bits per heavy atom. The molecule has 0 heterocycles. The van der Waals surface area contributed by atoms with Crippen molar-refractivity contribution >= 4 is 11.6 Å². The van der Waals surface area contributed by atoms with Gasteiger partial charge in [-0.05, 0) is 25.3 Å². The second-order valence-electron chi connectivity index (χ2n) is 4.81. The number of rotatable bonds is 6. The summed E-state index contributed by atoms with van der Waals surface area (Å²) in [6.45, 7) is 4.94. The SMILES string of the molecule is CCCOC1C(Cl)CC1OC(C)c1ccccc1. The number of alkyl halides is 1. The van der Waals surface area contributed by atoms with Gasteiger partial charge in [0.25, 0.3) is 0 Å². The van der Waals surface area contributed by atoms with Crippen LogP contribution in [-0.2, 0) is 9.47 Å². The molecular weight excluding hydrogens is 248 g/mol. The minimum atomic E-state index is 0.0535. The molecule has 0 amide bonds.